The molecular weight excluding hydrogens is 478 g/mol. The molecule has 0 saturated carbocycles. The number of nitrogens with zero attached hydrogens (tertiary/aromatic N) is 3. The van der Waals surface area contributed by atoms with E-state index in [-0.39, 0.29) is 29.0 Å². The van der Waals surface area contributed by atoms with Crippen LogP contribution in [0.15, 0.2) is 47.4 Å². The van der Waals surface area contributed by atoms with E-state index in [0.717, 1.165) is 24.5 Å². The molecule has 1 atom stereocenters. The Morgan fingerprint density at radius 2 is 1.68 bits per heavy atom. The van der Waals surface area contributed by atoms with Gasteiger partial charge in [0.15, 0.2) is 0 Å². The molecule has 0 aromatic heterocycles. The lowest BCUT2D eigenvalue weighted by Crippen LogP contribution is -2.53. The number of halogens is 1. The van der Waals surface area contributed by atoms with Crippen LogP contribution in [-0.4, -0.2) is 77.0 Å². The molecule has 0 N–H and O–H groups in total. The zero-order valence-corrected chi connectivity index (χ0v) is 21.0. The summed E-state index contributed by atoms with van der Waals surface area (Å²) in [6, 6.07) is 12.4. The van der Waals surface area contributed by atoms with Crippen LogP contribution in [0.1, 0.15) is 12.8 Å². The quantitative estimate of drug-likeness (QED) is 0.598. The Kier molecular flexibility index (Phi) is 7.54. The molecule has 0 unspecified atom stereocenters. The number of methoxy groups -OCH3 is 2. The maximum Gasteiger partial charge on any atom is 0.246 e. The molecule has 2 saturated heterocycles. The average Bonchev–Trinajstić information content (AvgIpc) is 2.88. The minimum absolute atomic E-state index is 0.0207. The van der Waals surface area contributed by atoms with E-state index >= 15 is 0 Å². The van der Waals surface area contributed by atoms with Crippen molar-refractivity contribution in [1.82, 2.24) is 9.21 Å². The van der Waals surface area contributed by atoms with Crippen LogP contribution in [0.2, 0.25) is 5.02 Å². The van der Waals surface area contributed by atoms with Crippen LogP contribution in [0, 0.1) is 5.92 Å². The number of hydrogen-bond donors (Lipinski definition) is 0. The maximum atomic E-state index is 13.4. The second kappa shape index (κ2) is 10.4. The van der Waals surface area contributed by atoms with Crippen LogP contribution in [-0.2, 0) is 14.8 Å². The SMILES string of the molecule is COc1ccc(N2CCN(C(=O)[C@H]3CCCN(S(=O)(=O)c4cc(Cl)ccc4OC)C3)CC2)cc1. The molecule has 2 aromatic carbocycles. The van der Waals surface area contributed by atoms with Crippen LogP contribution < -0.4 is 14.4 Å². The Morgan fingerprint density at radius 1 is 0.971 bits per heavy atom. The van der Waals surface area contributed by atoms with Gasteiger partial charge in [-0.1, -0.05) is 11.6 Å². The minimum atomic E-state index is -3.84. The molecule has 2 fully saturated rings. The van der Waals surface area contributed by atoms with Gasteiger partial charge in [-0.2, -0.15) is 4.31 Å². The molecule has 0 aliphatic carbocycles. The molecule has 34 heavy (non-hydrogen) atoms. The summed E-state index contributed by atoms with van der Waals surface area (Å²) in [5.41, 5.74) is 1.10. The molecule has 2 aliphatic rings. The fraction of sp³-hybridized carbons (Fsp3) is 0.458. The van der Waals surface area contributed by atoms with Gasteiger partial charge in [-0.05, 0) is 55.3 Å². The number of benzene rings is 2. The van der Waals surface area contributed by atoms with Gasteiger partial charge >= 0.3 is 0 Å². The van der Waals surface area contributed by atoms with E-state index in [1.165, 1.54) is 17.5 Å². The molecule has 2 aromatic rings. The van der Waals surface area contributed by atoms with Crippen LogP contribution in [0.3, 0.4) is 0 Å². The minimum Gasteiger partial charge on any atom is -0.497 e. The zero-order valence-electron chi connectivity index (χ0n) is 19.4. The van der Waals surface area contributed by atoms with E-state index in [0.29, 0.717) is 37.5 Å². The smallest absolute Gasteiger partial charge is 0.246 e. The van der Waals surface area contributed by atoms with Crippen LogP contribution in [0.4, 0.5) is 5.69 Å². The molecule has 0 bridgehead atoms. The Morgan fingerprint density at radius 3 is 2.32 bits per heavy atom. The molecule has 2 heterocycles. The number of piperazine rings is 1. The summed E-state index contributed by atoms with van der Waals surface area (Å²) in [5, 5.41) is 0.318. The maximum absolute atomic E-state index is 13.4. The van der Waals surface area contributed by atoms with Crippen molar-refractivity contribution in [3.05, 3.63) is 47.5 Å². The fourth-order valence-electron chi connectivity index (χ4n) is 4.59. The molecular formula is C24H30ClN3O5S. The lowest BCUT2D eigenvalue weighted by molar-refractivity contribution is -0.137. The van der Waals surface area contributed by atoms with Crippen molar-refractivity contribution in [2.24, 2.45) is 5.92 Å². The van der Waals surface area contributed by atoms with Crippen molar-refractivity contribution in [2.75, 3.05) is 58.4 Å². The summed E-state index contributed by atoms with van der Waals surface area (Å²) < 4.78 is 38.6. The number of ether oxygens (including phenoxy) is 2. The molecule has 0 radical (unpaired) electrons. The van der Waals surface area contributed by atoms with Gasteiger partial charge in [-0.3, -0.25) is 4.79 Å². The van der Waals surface area contributed by atoms with Crippen molar-refractivity contribution in [3.63, 3.8) is 0 Å². The summed E-state index contributed by atoms with van der Waals surface area (Å²) in [7, 11) is -0.772. The molecule has 4 rings (SSSR count). The first-order valence-electron chi connectivity index (χ1n) is 11.3. The molecule has 0 spiro atoms. The van der Waals surface area contributed by atoms with Crippen molar-refractivity contribution in [3.8, 4) is 11.5 Å². The number of carbonyl (C=O) groups excluding carboxylic acids is 1. The topological polar surface area (TPSA) is 79.4 Å². The van der Waals surface area contributed by atoms with Gasteiger partial charge in [0.2, 0.25) is 15.9 Å². The highest BCUT2D eigenvalue weighted by Crippen LogP contribution is 2.32. The number of sulfonamides is 1. The second-order valence-corrected chi connectivity index (χ2v) is 10.9. The van der Waals surface area contributed by atoms with Gasteiger partial charge < -0.3 is 19.3 Å². The normalized spacial score (nSPS) is 19.7. The first-order valence-corrected chi connectivity index (χ1v) is 13.2. The predicted molar refractivity (Wildman–Crippen MR) is 131 cm³/mol. The third kappa shape index (κ3) is 5.11. The van der Waals surface area contributed by atoms with Crippen LogP contribution in [0.25, 0.3) is 0 Å². The van der Waals surface area contributed by atoms with Crippen LogP contribution in [0.5, 0.6) is 11.5 Å². The van der Waals surface area contributed by atoms with E-state index in [1.54, 1.807) is 19.2 Å². The van der Waals surface area contributed by atoms with Crippen molar-refractivity contribution in [2.45, 2.75) is 17.7 Å². The summed E-state index contributed by atoms with van der Waals surface area (Å²) in [4.78, 5) is 17.4. The van der Waals surface area contributed by atoms with Gasteiger partial charge in [0, 0.05) is 50.0 Å². The summed E-state index contributed by atoms with van der Waals surface area (Å²) in [5.74, 6) is 0.714. The Bertz CT molecular complexity index is 1120. The highest BCUT2D eigenvalue weighted by Gasteiger charge is 2.37. The molecule has 8 nitrogen and oxygen atoms in total. The number of rotatable bonds is 6. The number of anilines is 1. The molecule has 2 aliphatic heterocycles. The number of amides is 1. The molecule has 184 valence electrons. The Balaban J connectivity index is 1.40. The highest BCUT2D eigenvalue weighted by atomic mass is 35.5. The van der Waals surface area contributed by atoms with E-state index in [4.69, 9.17) is 21.1 Å². The Hall–Kier alpha value is -2.49. The largest absolute Gasteiger partial charge is 0.497 e. The third-order valence-corrected chi connectivity index (χ3v) is 8.63. The summed E-state index contributed by atoms with van der Waals surface area (Å²) in [6.45, 7) is 3.20. The van der Waals surface area contributed by atoms with Gasteiger partial charge in [0.25, 0.3) is 0 Å². The predicted octanol–water partition coefficient (Wildman–Crippen LogP) is 3.11. The summed E-state index contributed by atoms with van der Waals surface area (Å²) >= 11 is 6.06. The third-order valence-electron chi connectivity index (χ3n) is 6.51. The zero-order chi connectivity index (χ0) is 24.3. The Labute approximate surface area is 206 Å². The van der Waals surface area contributed by atoms with Crippen molar-refractivity contribution in [1.29, 1.82) is 0 Å². The van der Waals surface area contributed by atoms with Gasteiger partial charge in [-0.25, -0.2) is 8.42 Å². The number of hydrogen-bond acceptors (Lipinski definition) is 6. The van der Waals surface area contributed by atoms with Gasteiger partial charge in [0.1, 0.15) is 16.4 Å². The van der Waals surface area contributed by atoms with Gasteiger partial charge in [0.05, 0.1) is 20.1 Å². The van der Waals surface area contributed by atoms with E-state index in [9.17, 15) is 13.2 Å². The summed E-state index contributed by atoms with van der Waals surface area (Å²) in [6.07, 6.45) is 1.31. The van der Waals surface area contributed by atoms with Crippen molar-refractivity contribution >= 4 is 33.2 Å². The first kappa shape index (κ1) is 24.6. The number of piperidine rings is 1. The van der Waals surface area contributed by atoms with E-state index in [1.807, 2.05) is 29.2 Å². The fourth-order valence-corrected chi connectivity index (χ4v) is 6.53. The van der Waals surface area contributed by atoms with Gasteiger partial charge in [-0.15, -0.1) is 0 Å². The average molecular weight is 508 g/mol. The standard InChI is InChI=1S/C24H30ClN3O5S/c1-32-21-8-6-20(7-9-21)26-12-14-27(15-13-26)24(29)18-4-3-11-28(17-18)34(30,31)23-16-19(25)5-10-22(23)33-2/h5-10,16,18H,3-4,11-15,17H2,1-2H3/t18-/m0/s1. The van der Waals surface area contributed by atoms with E-state index in [2.05, 4.69) is 4.90 Å². The lowest BCUT2D eigenvalue weighted by atomic mass is 9.97. The highest BCUT2D eigenvalue weighted by molar-refractivity contribution is 7.89. The first-order chi connectivity index (χ1) is 16.3. The van der Waals surface area contributed by atoms with Crippen molar-refractivity contribution < 1.29 is 22.7 Å². The molecule has 10 heteroatoms. The molecule has 1 amide bonds. The lowest BCUT2D eigenvalue weighted by Gasteiger charge is -2.39. The monoisotopic (exact) mass is 507 g/mol. The number of carbonyl (C=O) groups is 1. The van der Waals surface area contributed by atoms with E-state index < -0.39 is 10.0 Å². The van der Waals surface area contributed by atoms with Crippen LogP contribution >= 0.6 is 11.6 Å². The second-order valence-electron chi connectivity index (χ2n) is 8.51.